The van der Waals surface area contributed by atoms with Crippen molar-refractivity contribution in [1.29, 1.82) is 0 Å². The maximum absolute atomic E-state index is 6.17. The Kier molecular flexibility index (Phi) is 3.28. The fourth-order valence-corrected chi connectivity index (χ4v) is 3.40. The van der Waals surface area contributed by atoms with Crippen LogP contribution in [-0.2, 0) is 0 Å². The molecular formula is C17H23N3. The Morgan fingerprint density at radius 2 is 1.95 bits per heavy atom. The number of nitrogens with two attached hydrogens (primary N) is 1. The minimum Gasteiger partial charge on any atom is -0.384 e. The van der Waals surface area contributed by atoms with E-state index in [9.17, 15) is 0 Å². The predicted molar refractivity (Wildman–Crippen MR) is 83.0 cm³/mol. The number of rotatable bonds is 2. The van der Waals surface area contributed by atoms with Gasteiger partial charge in [0.2, 0.25) is 0 Å². The van der Waals surface area contributed by atoms with Crippen LogP contribution < -0.4 is 5.73 Å². The van der Waals surface area contributed by atoms with Crippen molar-refractivity contribution in [2.24, 2.45) is 5.41 Å². The molecule has 1 atom stereocenters. The lowest BCUT2D eigenvalue weighted by atomic mass is 9.67. The van der Waals surface area contributed by atoms with Crippen molar-refractivity contribution in [3.63, 3.8) is 0 Å². The van der Waals surface area contributed by atoms with E-state index >= 15 is 0 Å². The summed E-state index contributed by atoms with van der Waals surface area (Å²) in [5.74, 6) is 1.25. The van der Waals surface area contributed by atoms with Gasteiger partial charge in [0.1, 0.15) is 5.82 Å². The maximum Gasteiger partial charge on any atom is 0.127 e. The van der Waals surface area contributed by atoms with E-state index in [-0.39, 0.29) is 0 Å². The quantitative estimate of drug-likeness (QED) is 0.890. The third-order valence-electron chi connectivity index (χ3n) is 4.62. The highest BCUT2D eigenvalue weighted by molar-refractivity contribution is 5.43. The number of nitrogens with zero attached hydrogens (tertiary/aromatic N) is 2. The molecule has 2 N–H and O–H groups in total. The lowest BCUT2D eigenvalue weighted by Crippen LogP contribution is -2.26. The summed E-state index contributed by atoms with van der Waals surface area (Å²) in [5, 5.41) is 4.79. The molecule has 106 valence electrons. The van der Waals surface area contributed by atoms with Crippen LogP contribution in [0.15, 0.2) is 36.4 Å². The van der Waals surface area contributed by atoms with Crippen LogP contribution in [0.25, 0.3) is 5.69 Å². The van der Waals surface area contributed by atoms with Crippen molar-refractivity contribution in [3.8, 4) is 5.69 Å². The summed E-state index contributed by atoms with van der Waals surface area (Å²) in [6.07, 6.45) is 5.12. The SMILES string of the molecule is CC1(C)CCCCC1c1cc(N)n(-c2ccccc2)n1. The van der Waals surface area contributed by atoms with Crippen molar-refractivity contribution >= 4 is 5.82 Å². The van der Waals surface area contributed by atoms with Gasteiger partial charge in [0, 0.05) is 12.0 Å². The van der Waals surface area contributed by atoms with Gasteiger partial charge in [0.25, 0.3) is 0 Å². The van der Waals surface area contributed by atoms with Crippen molar-refractivity contribution < 1.29 is 0 Å². The molecule has 1 heterocycles. The molecule has 20 heavy (non-hydrogen) atoms. The molecule has 1 aromatic carbocycles. The molecule has 0 spiro atoms. The van der Waals surface area contributed by atoms with E-state index in [1.165, 1.54) is 25.7 Å². The molecule has 0 amide bonds. The molecule has 2 aromatic rings. The van der Waals surface area contributed by atoms with Gasteiger partial charge in [-0.2, -0.15) is 5.10 Å². The van der Waals surface area contributed by atoms with Gasteiger partial charge >= 0.3 is 0 Å². The first-order chi connectivity index (χ1) is 9.58. The van der Waals surface area contributed by atoms with Gasteiger partial charge in [0.05, 0.1) is 11.4 Å². The number of anilines is 1. The number of benzene rings is 1. The van der Waals surface area contributed by atoms with Gasteiger partial charge in [-0.05, 0) is 30.4 Å². The molecule has 1 fully saturated rings. The van der Waals surface area contributed by atoms with Crippen LogP contribution in [0.4, 0.5) is 5.82 Å². The first kappa shape index (κ1) is 13.2. The summed E-state index contributed by atoms with van der Waals surface area (Å²) in [7, 11) is 0. The molecular weight excluding hydrogens is 246 g/mol. The summed E-state index contributed by atoms with van der Waals surface area (Å²) in [6, 6.07) is 12.2. The Bertz CT molecular complexity index is 584. The zero-order chi connectivity index (χ0) is 14.2. The van der Waals surface area contributed by atoms with Gasteiger partial charge in [-0.15, -0.1) is 0 Å². The summed E-state index contributed by atoms with van der Waals surface area (Å²) in [5.41, 5.74) is 8.67. The third kappa shape index (κ3) is 2.33. The van der Waals surface area contributed by atoms with E-state index in [1.807, 2.05) is 35.0 Å². The van der Waals surface area contributed by atoms with Gasteiger partial charge in [-0.3, -0.25) is 0 Å². The van der Waals surface area contributed by atoms with Crippen LogP contribution in [0, 0.1) is 5.41 Å². The number of nitrogen functional groups attached to an aromatic ring is 1. The Balaban J connectivity index is 1.97. The molecule has 1 aliphatic rings. The van der Waals surface area contributed by atoms with Crippen molar-refractivity contribution in [3.05, 3.63) is 42.1 Å². The first-order valence-corrected chi connectivity index (χ1v) is 7.49. The lowest BCUT2D eigenvalue weighted by molar-refractivity contribution is 0.196. The predicted octanol–water partition coefficient (Wildman–Crippen LogP) is 4.14. The Morgan fingerprint density at radius 1 is 1.20 bits per heavy atom. The topological polar surface area (TPSA) is 43.8 Å². The molecule has 3 nitrogen and oxygen atoms in total. The summed E-state index contributed by atoms with van der Waals surface area (Å²) in [4.78, 5) is 0. The minimum absolute atomic E-state index is 0.320. The molecule has 3 heteroatoms. The standard InChI is InChI=1S/C17H23N3/c1-17(2)11-7-6-10-14(17)15-12-16(18)20(19-15)13-8-4-3-5-9-13/h3-5,8-9,12,14H,6-7,10-11,18H2,1-2H3. The van der Waals surface area contributed by atoms with Crippen LogP contribution >= 0.6 is 0 Å². The Hall–Kier alpha value is -1.77. The fraction of sp³-hybridized carbons (Fsp3) is 0.471. The fourth-order valence-electron chi connectivity index (χ4n) is 3.40. The normalized spacial score (nSPS) is 21.8. The molecule has 0 aliphatic heterocycles. The second kappa shape index (κ2) is 4.97. The van der Waals surface area contributed by atoms with E-state index in [2.05, 4.69) is 19.9 Å². The molecule has 1 unspecified atom stereocenters. The van der Waals surface area contributed by atoms with Crippen molar-refractivity contribution in [2.45, 2.75) is 45.4 Å². The van der Waals surface area contributed by atoms with Gasteiger partial charge in [-0.1, -0.05) is 44.9 Å². The van der Waals surface area contributed by atoms with Gasteiger partial charge in [0.15, 0.2) is 0 Å². The molecule has 0 bridgehead atoms. The number of aromatic nitrogens is 2. The average molecular weight is 269 g/mol. The number of hydrogen-bond donors (Lipinski definition) is 1. The average Bonchev–Trinajstić information content (AvgIpc) is 2.81. The second-order valence-corrected chi connectivity index (χ2v) is 6.53. The van der Waals surface area contributed by atoms with Crippen LogP contribution in [0.5, 0.6) is 0 Å². The molecule has 1 aliphatic carbocycles. The summed E-state index contributed by atoms with van der Waals surface area (Å²) >= 11 is 0. The monoisotopic (exact) mass is 269 g/mol. The zero-order valence-electron chi connectivity index (χ0n) is 12.3. The molecule has 1 aromatic heterocycles. The zero-order valence-corrected chi connectivity index (χ0v) is 12.3. The van der Waals surface area contributed by atoms with E-state index in [0.717, 1.165) is 17.2 Å². The van der Waals surface area contributed by atoms with Crippen LogP contribution in [0.2, 0.25) is 0 Å². The van der Waals surface area contributed by atoms with Crippen molar-refractivity contribution in [1.82, 2.24) is 9.78 Å². The van der Waals surface area contributed by atoms with Crippen LogP contribution in [0.1, 0.15) is 51.1 Å². The van der Waals surface area contributed by atoms with E-state index in [4.69, 9.17) is 10.8 Å². The summed E-state index contributed by atoms with van der Waals surface area (Å²) < 4.78 is 1.86. The minimum atomic E-state index is 0.320. The molecule has 1 saturated carbocycles. The Labute approximate surface area is 120 Å². The highest BCUT2D eigenvalue weighted by atomic mass is 15.3. The van der Waals surface area contributed by atoms with Gasteiger partial charge < -0.3 is 5.73 Å². The van der Waals surface area contributed by atoms with Gasteiger partial charge in [-0.25, -0.2) is 4.68 Å². The molecule has 0 saturated heterocycles. The second-order valence-electron chi connectivity index (χ2n) is 6.53. The highest BCUT2D eigenvalue weighted by Gasteiger charge is 2.35. The molecule has 3 rings (SSSR count). The first-order valence-electron chi connectivity index (χ1n) is 7.49. The molecule has 0 radical (unpaired) electrons. The Morgan fingerprint density at radius 3 is 2.65 bits per heavy atom. The van der Waals surface area contributed by atoms with E-state index in [1.54, 1.807) is 0 Å². The largest absolute Gasteiger partial charge is 0.384 e. The highest BCUT2D eigenvalue weighted by Crippen LogP contribution is 2.46. The maximum atomic E-state index is 6.17. The van der Waals surface area contributed by atoms with Crippen molar-refractivity contribution in [2.75, 3.05) is 5.73 Å². The smallest absolute Gasteiger partial charge is 0.127 e. The number of hydrogen-bond acceptors (Lipinski definition) is 2. The number of para-hydroxylation sites is 1. The van der Waals surface area contributed by atoms with E-state index in [0.29, 0.717) is 11.3 Å². The third-order valence-corrected chi connectivity index (χ3v) is 4.62. The lowest BCUT2D eigenvalue weighted by Gasteiger charge is -2.37. The van der Waals surface area contributed by atoms with Crippen LogP contribution in [0.3, 0.4) is 0 Å². The van der Waals surface area contributed by atoms with E-state index < -0.39 is 0 Å². The summed E-state index contributed by atoms with van der Waals surface area (Å²) in [6.45, 7) is 4.71. The van der Waals surface area contributed by atoms with Crippen LogP contribution in [-0.4, -0.2) is 9.78 Å².